The fourth-order valence-corrected chi connectivity index (χ4v) is 9.75. The standard InChI is InChI=1S/C32H35O2P/c1-31(2,3)24-22-28(32(4,5)6)30-29(23-24)33-35(34-30,25-16-10-7-11-17-25,26-18-12-8-13-19-26)27-20-14-9-15-21-27/h7-23H,1-6H3. The predicted octanol–water partition coefficient (Wildman–Crippen LogP) is 7.41. The van der Waals surface area contributed by atoms with E-state index >= 15 is 0 Å². The van der Waals surface area contributed by atoms with Crippen molar-refractivity contribution in [1.82, 2.24) is 0 Å². The summed E-state index contributed by atoms with van der Waals surface area (Å²) >= 11 is 0. The number of fused-ring (bicyclic) bond motifs is 1. The van der Waals surface area contributed by atoms with E-state index in [9.17, 15) is 0 Å². The first-order valence-corrected chi connectivity index (χ1v) is 14.4. The van der Waals surface area contributed by atoms with E-state index in [1.54, 1.807) is 0 Å². The molecule has 1 aliphatic rings. The number of hydrogen-bond acceptors (Lipinski definition) is 2. The Morgan fingerprint density at radius 1 is 0.514 bits per heavy atom. The van der Waals surface area contributed by atoms with Gasteiger partial charge in [0.2, 0.25) is 0 Å². The molecule has 0 saturated heterocycles. The zero-order valence-electron chi connectivity index (χ0n) is 21.6. The van der Waals surface area contributed by atoms with Crippen molar-refractivity contribution in [3.05, 3.63) is 114 Å². The summed E-state index contributed by atoms with van der Waals surface area (Å²) in [7, 11) is -3.83. The van der Waals surface area contributed by atoms with Crippen molar-refractivity contribution in [2.45, 2.75) is 52.4 Å². The molecule has 0 saturated carbocycles. The molecule has 0 amide bonds. The van der Waals surface area contributed by atoms with Crippen LogP contribution in [0, 0.1) is 0 Å². The van der Waals surface area contributed by atoms with Gasteiger partial charge < -0.3 is 0 Å². The fraction of sp³-hybridized carbons (Fsp3) is 0.250. The first-order valence-electron chi connectivity index (χ1n) is 12.3. The summed E-state index contributed by atoms with van der Waals surface area (Å²) in [6.45, 7) is 13.5. The zero-order valence-corrected chi connectivity index (χ0v) is 22.5. The molecule has 0 radical (unpaired) electrons. The Bertz CT molecular complexity index is 1250. The summed E-state index contributed by atoms with van der Waals surface area (Å²) in [4.78, 5) is 0. The van der Waals surface area contributed by atoms with Crippen molar-refractivity contribution in [2.24, 2.45) is 0 Å². The Morgan fingerprint density at radius 2 is 0.943 bits per heavy atom. The first-order chi connectivity index (χ1) is 16.6. The van der Waals surface area contributed by atoms with Gasteiger partial charge in [0, 0.05) is 0 Å². The van der Waals surface area contributed by atoms with Gasteiger partial charge in [-0.3, -0.25) is 0 Å². The summed E-state index contributed by atoms with van der Waals surface area (Å²) in [5.74, 6) is 1.69. The van der Waals surface area contributed by atoms with E-state index in [1.807, 2.05) is 18.2 Å². The van der Waals surface area contributed by atoms with Gasteiger partial charge in [-0.15, -0.1) is 0 Å². The first kappa shape index (κ1) is 23.6. The van der Waals surface area contributed by atoms with Crippen molar-refractivity contribution in [3.8, 4) is 11.5 Å². The van der Waals surface area contributed by atoms with E-state index in [1.165, 1.54) is 11.1 Å². The van der Waals surface area contributed by atoms with E-state index in [4.69, 9.17) is 9.05 Å². The second kappa shape index (κ2) is 7.97. The molecule has 180 valence electrons. The summed E-state index contributed by atoms with van der Waals surface area (Å²) < 4.78 is 14.9. The van der Waals surface area contributed by atoms with Crippen molar-refractivity contribution in [1.29, 1.82) is 0 Å². The van der Waals surface area contributed by atoms with Crippen LogP contribution in [-0.4, -0.2) is 0 Å². The topological polar surface area (TPSA) is 18.5 Å². The van der Waals surface area contributed by atoms with Gasteiger partial charge in [0.25, 0.3) is 0 Å². The monoisotopic (exact) mass is 482 g/mol. The fourth-order valence-electron chi connectivity index (χ4n) is 4.99. The molecular formula is C32H35O2P. The van der Waals surface area contributed by atoms with Crippen LogP contribution < -0.4 is 25.0 Å². The minimum absolute atomic E-state index is 0.0241. The van der Waals surface area contributed by atoms with Crippen LogP contribution in [0.15, 0.2) is 103 Å². The maximum absolute atomic E-state index is 7.47. The third-order valence-electron chi connectivity index (χ3n) is 6.94. The van der Waals surface area contributed by atoms with Crippen LogP contribution in [0.1, 0.15) is 52.7 Å². The summed E-state index contributed by atoms with van der Waals surface area (Å²) in [6, 6.07) is 36.1. The average molecular weight is 483 g/mol. The van der Waals surface area contributed by atoms with E-state index in [0.29, 0.717) is 0 Å². The van der Waals surface area contributed by atoms with Crippen molar-refractivity contribution >= 4 is 23.0 Å². The third kappa shape index (κ3) is 3.58. The van der Waals surface area contributed by atoms with E-state index in [0.717, 1.165) is 27.4 Å². The van der Waals surface area contributed by atoms with Crippen LogP contribution in [0.5, 0.6) is 11.5 Å². The summed E-state index contributed by atoms with van der Waals surface area (Å²) in [6.07, 6.45) is 0. The number of benzene rings is 4. The molecule has 0 spiro atoms. The SMILES string of the molecule is CC(C)(C)c1cc2c(c(C(C)(C)C)c1)OP(c1ccccc1)(c1ccccc1)(c1ccccc1)O2. The third-order valence-corrected chi connectivity index (χ3v) is 11.7. The van der Waals surface area contributed by atoms with Crippen LogP contribution in [-0.2, 0) is 10.8 Å². The van der Waals surface area contributed by atoms with Crippen molar-refractivity contribution < 1.29 is 9.05 Å². The van der Waals surface area contributed by atoms with E-state index in [2.05, 4.69) is 126 Å². The van der Waals surface area contributed by atoms with Gasteiger partial charge in [-0.05, 0) is 0 Å². The second-order valence-electron chi connectivity index (χ2n) is 11.5. The molecule has 0 unspecified atom stereocenters. The Hall–Kier alpha value is -3.09. The van der Waals surface area contributed by atoms with Crippen molar-refractivity contribution in [2.75, 3.05) is 0 Å². The Balaban J connectivity index is 1.94. The normalized spacial score (nSPS) is 17.4. The molecule has 4 aromatic rings. The molecule has 0 N–H and O–H groups in total. The van der Waals surface area contributed by atoms with Gasteiger partial charge in [0.1, 0.15) is 0 Å². The van der Waals surface area contributed by atoms with Crippen LogP contribution in [0.4, 0.5) is 0 Å². The Morgan fingerprint density at radius 3 is 1.31 bits per heavy atom. The molecule has 0 bridgehead atoms. The van der Waals surface area contributed by atoms with E-state index in [-0.39, 0.29) is 10.8 Å². The van der Waals surface area contributed by atoms with Gasteiger partial charge in [-0.25, -0.2) is 0 Å². The molecule has 0 fully saturated rings. The van der Waals surface area contributed by atoms with Crippen molar-refractivity contribution in [3.63, 3.8) is 0 Å². The molecule has 0 aliphatic carbocycles. The van der Waals surface area contributed by atoms with Crippen LogP contribution in [0.25, 0.3) is 0 Å². The van der Waals surface area contributed by atoms with Crippen LogP contribution in [0.2, 0.25) is 0 Å². The summed E-state index contributed by atoms with van der Waals surface area (Å²) in [5.41, 5.74) is 2.28. The number of hydrogen-bond donors (Lipinski definition) is 0. The van der Waals surface area contributed by atoms with E-state index < -0.39 is 7.06 Å². The predicted molar refractivity (Wildman–Crippen MR) is 150 cm³/mol. The minimum atomic E-state index is -3.83. The van der Waals surface area contributed by atoms with Gasteiger partial charge in [-0.1, -0.05) is 0 Å². The molecule has 5 rings (SSSR count). The number of rotatable bonds is 3. The molecule has 0 atom stereocenters. The molecule has 2 nitrogen and oxygen atoms in total. The molecule has 1 heterocycles. The van der Waals surface area contributed by atoms with Crippen LogP contribution in [0.3, 0.4) is 0 Å². The molecule has 0 aromatic heterocycles. The maximum atomic E-state index is 7.47. The second-order valence-corrected chi connectivity index (χ2v) is 15.3. The molecular weight excluding hydrogens is 447 g/mol. The zero-order chi connectivity index (χ0) is 24.9. The molecule has 1 aliphatic heterocycles. The van der Waals surface area contributed by atoms with Gasteiger partial charge in [0.15, 0.2) is 0 Å². The average Bonchev–Trinajstić information content (AvgIpc) is 3.22. The molecule has 3 heteroatoms. The molecule has 4 aromatic carbocycles. The quantitative estimate of drug-likeness (QED) is 0.283. The van der Waals surface area contributed by atoms with Crippen LogP contribution >= 0.6 is 7.06 Å². The van der Waals surface area contributed by atoms with Gasteiger partial charge >= 0.3 is 210 Å². The van der Waals surface area contributed by atoms with Gasteiger partial charge in [0.05, 0.1) is 0 Å². The summed E-state index contributed by atoms with van der Waals surface area (Å²) in [5, 5.41) is 3.18. The molecule has 35 heavy (non-hydrogen) atoms. The Kier molecular flexibility index (Phi) is 5.38. The van der Waals surface area contributed by atoms with Gasteiger partial charge in [-0.2, -0.15) is 0 Å². The Labute approximate surface area is 210 Å².